The molecule has 9 heteroatoms. The summed E-state index contributed by atoms with van der Waals surface area (Å²) in [5.41, 5.74) is 1.73. The van der Waals surface area contributed by atoms with Gasteiger partial charge in [0.1, 0.15) is 11.5 Å². The van der Waals surface area contributed by atoms with E-state index in [0.29, 0.717) is 46.8 Å². The van der Waals surface area contributed by atoms with Crippen molar-refractivity contribution >= 4 is 51.0 Å². The van der Waals surface area contributed by atoms with Crippen LogP contribution in [0.15, 0.2) is 48.5 Å². The van der Waals surface area contributed by atoms with E-state index in [0.717, 1.165) is 10.9 Å². The predicted molar refractivity (Wildman–Crippen MR) is 148 cm³/mol. The SMILES string of the molecule is CC(C)(C)[C@H](CC(=O)c1cc2ccc(Cl)cc2[nH]1)C(=O)N1C[C@@H]2C[C@H]1CN2C(=O)c1cc2c(F)cccc2[nH]1. The molecule has 2 aromatic heterocycles. The molecule has 0 unspecified atom stereocenters. The van der Waals surface area contributed by atoms with Gasteiger partial charge in [0.05, 0.1) is 23.7 Å². The molecule has 202 valence electrons. The first-order chi connectivity index (χ1) is 18.5. The molecular formula is C30H30ClFN4O3. The third-order valence-corrected chi connectivity index (χ3v) is 8.48. The Labute approximate surface area is 230 Å². The molecular weight excluding hydrogens is 519 g/mol. The molecule has 2 aliphatic heterocycles. The standard InChI is InChI=1S/C30H30ClFN4O3/c1-30(2,3)21(13-27(37)25-9-16-7-8-17(31)10-24(16)34-25)28(38)35-14-19-11-18(35)15-36(19)29(39)26-12-20-22(32)5-4-6-23(20)33-26/h4-10,12,18-19,21,33-34H,11,13-15H2,1-3H3/t18-,19-,21+/m0/s1. The smallest absolute Gasteiger partial charge is 0.270 e. The Bertz CT molecular complexity index is 1630. The third-order valence-electron chi connectivity index (χ3n) is 8.24. The molecule has 3 atom stereocenters. The number of rotatable bonds is 5. The fraction of sp³-hybridized carbons (Fsp3) is 0.367. The van der Waals surface area contributed by atoms with Crippen molar-refractivity contribution in [2.45, 2.75) is 45.7 Å². The van der Waals surface area contributed by atoms with E-state index < -0.39 is 11.3 Å². The summed E-state index contributed by atoms with van der Waals surface area (Å²) in [5, 5.41) is 1.86. The van der Waals surface area contributed by atoms with Crippen molar-refractivity contribution in [1.29, 1.82) is 0 Å². The second kappa shape index (κ2) is 9.23. The fourth-order valence-corrected chi connectivity index (χ4v) is 6.25. The maximum absolute atomic E-state index is 14.2. The maximum Gasteiger partial charge on any atom is 0.270 e. The first-order valence-corrected chi connectivity index (χ1v) is 13.6. The summed E-state index contributed by atoms with van der Waals surface area (Å²) in [4.78, 5) is 50.3. The summed E-state index contributed by atoms with van der Waals surface area (Å²) >= 11 is 6.09. The molecule has 39 heavy (non-hydrogen) atoms. The van der Waals surface area contributed by atoms with E-state index in [4.69, 9.17) is 11.6 Å². The lowest BCUT2D eigenvalue weighted by Crippen LogP contribution is -2.53. The molecule has 0 saturated carbocycles. The van der Waals surface area contributed by atoms with E-state index in [2.05, 4.69) is 9.97 Å². The monoisotopic (exact) mass is 548 g/mol. The molecule has 2 bridgehead atoms. The highest BCUT2D eigenvalue weighted by Gasteiger charge is 2.50. The number of benzene rings is 2. The van der Waals surface area contributed by atoms with E-state index in [-0.39, 0.29) is 41.9 Å². The number of piperazine rings is 1. The Balaban J connectivity index is 1.17. The van der Waals surface area contributed by atoms with Crippen LogP contribution in [0, 0.1) is 17.2 Å². The number of nitrogens with one attached hydrogen (secondary N) is 2. The first kappa shape index (κ1) is 25.6. The number of nitrogens with zero attached hydrogens (tertiary/aromatic N) is 2. The molecule has 4 aromatic rings. The van der Waals surface area contributed by atoms with Crippen LogP contribution in [-0.2, 0) is 4.79 Å². The van der Waals surface area contributed by atoms with Gasteiger partial charge in [0.2, 0.25) is 5.91 Å². The highest BCUT2D eigenvalue weighted by molar-refractivity contribution is 6.31. The minimum Gasteiger partial charge on any atom is -0.352 e. The van der Waals surface area contributed by atoms with Gasteiger partial charge in [-0.1, -0.05) is 44.5 Å². The van der Waals surface area contributed by atoms with Gasteiger partial charge < -0.3 is 19.8 Å². The Hall–Kier alpha value is -3.65. The van der Waals surface area contributed by atoms with Gasteiger partial charge in [0, 0.05) is 46.3 Å². The van der Waals surface area contributed by atoms with Crippen LogP contribution in [0.1, 0.15) is 54.6 Å². The number of ketones is 1. The van der Waals surface area contributed by atoms with Gasteiger partial charge in [0.15, 0.2) is 5.78 Å². The fourth-order valence-electron chi connectivity index (χ4n) is 6.08. The van der Waals surface area contributed by atoms with Crippen LogP contribution in [0.2, 0.25) is 5.02 Å². The van der Waals surface area contributed by atoms with E-state index >= 15 is 0 Å². The lowest BCUT2D eigenvalue weighted by molar-refractivity contribution is -0.141. The molecule has 0 spiro atoms. The van der Waals surface area contributed by atoms with Crippen LogP contribution in [-0.4, -0.2) is 62.5 Å². The molecule has 2 aromatic carbocycles. The number of carbonyl (C=O) groups excluding carboxylic acids is 3. The second-order valence-corrected chi connectivity index (χ2v) is 12.3. The van der Waals surface area contributed by atoms with Gasteiger partial charge >= 0.3 is 0 Å². The molecule has 4 heterocycles. The third kappa shape index (κ3) is 4.50. The summed E-state index contributed by atoms with van der Waals surface area (Å²) < 4.78 is 14.2. The Morgan fingerprint density at radius 2 is 1.69 bits per heavy atom. The number of Topliss-reactive ketones (excluding diaryl/α,β-unsaturated/α-hetero) is 1. The number of carbonyl (C=O) groups is 3. The van der Waals surface area contributed by atoms with Crippen LogP contribution < -0.4 is 0 Å². The Kier molecular flexibility index (Phi) is 6.06. The van der Waals surface area contributed by atoms with Crippen LogP contribution in [0.3, 0.4) is 0 Å². The van der Waals surface area contributed by atoms with Crippen molar-refractivity contribution in [3.8, 4) is 0 Å². The Morgan fingerprint density at radius 1 is 0.974 bits per heavy atom. The average molecular weight is 549 g/mol. The lowest BCUT2D eigenvalue weighted by Gasteiger charge is -2.39. The summed E-state index contributed by atoms with van der Waals surface area (Å²) in [5.74, 6) is -1.25. The highest BCUT2D eigenvalue weighted by atomic mass is 35.5. The minimum absolute atomic E-state index is 0.0534. The van der Waals surface area contributed by atoms with E-state index in [9.17, 15) is 18.8 Å². The molecule has 2 aliphatic rings. The molecule has 2 saturated heterocycles. The number of halogens is 2. The van der Waals surface area contributed by atoms with Crippen molar-refractivity contribution in [2.75, 3.05) is 13.1 Å². The zero-order valence-corrected chi connectivity index (χ0v) is 22.8. The number of amides is 2. The summed E-state index contributed by atoms with van der Waals surface area (Å²) in [6.07, 6.45) is 0.777. The number of hydrogen-bond donors (Lipinski definition) is 2. The van der Waals surface area contributed by atoms with Crippen LogP contribution in [0.5, 0.6) is 0 Å². The Morgan fingerprint density at radius 3 is 2.38 bits per heavy atom. The van der Waals surface area contributed by atoms with Gasteiger partial charge in [-0.2, -0.15) is 0 Å². The largest absolute Gasteiger partial charge is 0.352 e. The predicted octanol–water partition coefficient (Wildman–Crippen LogP) is 5.80. The van der Waals surface area contributed by atoms with Gasteiger partial charge in [-0.3, -0.25) is 14.4 Å². The topological polar surface area (TPSA) is 89.3 Å². The van der Waals surface area contributed by atoms with Crippen molar-refractivity contribution in [2.24, 2.45) is 11.3 Å². The van der Waals surface area contributed by atoms with E-state index in [1.165, 1.54) is 6.07 Å². The average Bonchev–Trinajstić information content (AvgIpc) is 3.67. The number of hydrogen-bond acceptors (Lipinski definition) is 3. The highest BCUT2D eigenvalue weighted by Crippen LogP contribution is 2.38. The maximum atomic E-state index is 14.2. The molecule has 2 amide bonds. The van der Waals surface area contributed by atoms with Crippen molar-refractivity contribution in [1.82, 2.24) is 19.8 Å². The normalized spacial score (nSPS) is 19.8. The number of likely N-dealkylation sites (tertiary alicyclic amines) is 2. The van der Waals surface area contributed by atoms with Crippen molar-refractivity contribution in [3.05, 3.63) is 70.8 Å². The zero-order valence-electron chi connectivity index (χ0n) is 22.1. The van der Waals surface area contributed by atoms with Gasteiger partial charge in [-0.25, -0.2) is 4.39 Å². The summed E-state index contributed by atoms with van der Waals surface area (Å²) in [6, 6.07) is 13.3. The lowest BCUT2D eigenvalue weighted by atomic mass is 9.76. The number of fused-ring (bicyclic) bond motifs is 4. The number of aromatic nitrogens is 2. The zero-order chi connectivity index (χ0) is 27.6. The minimum atomic E-state index is -0.514. The molecule has 7 nitrogen and oxygen atoms in total. The van der Waals surface area contributed by atoms with Crippen LogP contribution in [0.4, 0.5) is 4.39 Å². The second-order valence-electron chi connectivity index (χ2n) is 11.8. The van der Waals surface area contributed by atoms with Crippen LogP contribution >= 0.6 is 11.6 Å². The van der Waals surface area contributed by atoms with Crippen molar-refractivity contribution < 1.29 is 18.8 Å². The molecule has 2 N–H and O–H groups in total. The van der Waals surface area contributed by atoms with E-state index in [1.807, 2.05) is 31.7 Å². The van der Waals surface area contributed by atoms with E-state index in [1.54, 1.807) is 41.3 Å². The first-order valence-electron chi connectivity index (χ1n) is 13.2. The molecule has 0 aliphatic carbocycles. The molecule has 2 fully saturated rings. The van der Waals surface area contributed by atoms with Gasteiger partial charge in [-0.05, 0) is 48.2 Å². The van der Waals surface area contributed by atoms with Crippen molar-refractivity contribution in [3.63, 3.8) is 0 Å². The number of aromatic amines is 2. The van der Waals surface area contributed by atoms with Crippen LogP contribution in [0.25, 0.3) is 21.8 Å². The molecule has 6 rings (SSSR count). The molecule has 0 radical (unpaired) electrons. The summed E-state index contributed by atoms with van der Waals surface area (Å²) in [6.45, 7) is 6.78. The van der Waals surface area contributed by atoms with Gasteiger partial charge in [-0.15, -0.1) is 0 Å². The van der Waals surface area contributed by atoms with Gasteiger partial charge in [0.25, 0.3) is 5.91 Å². The summed E-state index contributed by atoms with van der Waals surface area (Å²) in [7, 11) is 0. The quantitative estimate of drug-likeness (QED) is 0.309. The number of H-pyrrole nitrogens is 2.